The van der Waals surface area contributed by atoms with Crippen LogP contribution in [0.1, 0.15) is 11.1 Å². The SMILES string of the molecule is Cc1ccccc1/C=C1/SC(=O)N(CC(=O)Nc2ccc(N3CCOCC3)cc2)C1=O. The second-order valence-electron chi connectivity index (χ2n) is 7.32. The van der Waals surface area contributed by atoms with E-state index in [1.54, 1.807) is 6.08 Å². The fraction of sp³-hybridized carbons (Fsp3) is 0.261. The van der Waals surface area contributed by atoms with E-state index in [2.05, 4.69) is 10.2 Å². The zero-order valence-corrected chi connectivity index (χ0v) is 18.0. The lowest BCUT2D eigenvalue weighted by Gasteiger charge is -2.28. The second kappa shape index (κ2) is 9.36. The van der Waals surface area contributed by atoms with Crippen LogP contribution in [0, 0.1) is 6.92 Å². The van der Waals surface area contributed by atoms with E-state index >= 15 is 0 Å². The summed E-state index contributed by atoms with van der Waals surface area (Å²) < 4.78 is 5.36. The van der Waals surface area contributed by atoms with Gasteiger partial charge in [-0.1, -0.05) is 24.3 Å². The molecule has 0 radical (unpaired) electrons. The van der Waals surface area contributed by atoms with Crippen LogP contribution in [0.2, 0.25) is 0 Å². The van der Waals surface area contributed by atoms with Crippen molar-refractivity contribution in [2.75, 3.05) is 43.1 Å². The molecule has 2 heterocycles. The molecule has 8 heteroatoms. The second-order valence-corrected chi connectivity index (χ2v) is 8.31. The van der Waals surface area contributed by atoms with E-state index < -0.39 is 17.1 Å². The highest BCUT2D eigenvalue weighted by Gasteiger charge is 2.36. The van der Waals surface area contributed by atoms with Crippen LogP contribution in [0.15, 0.2) is 53.4 Å². The summed E-state index contributed by atoms with van der Waals surface area (Å²) in [5, 5.41) is 2.31. The molecule has 2 aliphatic heterocycles. The predicted molar refractivity (Wildman–Crippen MR) is 122 cm³/mol. The Morgan fingerprint density at radius 3 is 2.52 bits per heavy atom. The van der Waals surface area contributed by atoms with Gasteiger partial charge in [0, 0.05) is 24.5 Å². The number of nitrogens with zero attached hydrogens (tertiary/aromatic N) is 2. The third-order valence-electron chi connectivity index (χ3n) is 5.18. The van der Waals surface area contributed by atoms with Gasteiger partial charge in [-0.3, -0.25) is 19.3 Å². The van der Waals surface area contributed by atoms with Crippen molar-refractivity contribution < 1.29 is 19.1 Å². The van der Waals surface area contributed by atoms with Gasteiger partial charge in [0.05, 0.1) is 18.1 Å². The minimum absolute atomic E-state index is 0.318. The summed E-state index contributed by atoms with van der Waals surface area (Å²) in [6.45, 7) is 4.69. The average Bonchev–Trinajstić information content (AvgIpc) is 3.04. The van der Waals surface area contributed by atoms with E-state index in [0.29, 0.717) is 23.8 Å². The number of rotatable bonds is 5. The molecule has 2 aromatic carbocycles. The predicted octanol–water partition coefficient (Wildman–Crippen LogP) is 3.51. The normalized spacial score (nSPS) is 18.0. The van der Waals surface area contributed by atoms with Crippen molar-refractivity contribution >= 4 is 46.3 Å². The number of morpholine rings is 1. The number of hydrogen-bond acceptors (Lipinski definition) is 6. The minimum atomic E-state index is -0.448. The summed E-state index contributed by atoms with van der Waals surface area (Å²) in [6.07, 6.45) is 1.70. The first-order chi connectivity index (χ1) is 15.0. The Kier molecular flexibility index (Phi) is 6.39. The fourth-order valence-electron chi connectivity index (χ4n) is 3.45. The molecule has 0 unspecified atom stereocenters. The Morgan fingerprint density at radius 1 is 1.10 bits per heavy atom. The van der Waals surface area contributed by atoms with Crippen LogP contribution >= 0.6 is 11.8 Å². The van der Waals surface area contributed by atoms with Gasteiger partial charge in [0.15, 0.2) is 0 Å². The molecule has 0 bridgehead atoms. The minimum Gasteiger partial charge on any atom is -0.378 e. The van der Waals surface area contributed by atoms with Crippen molar-refractivity contribution in [1.29, 1.82) is 0 Å². The lowest BCUT2D eigenvalue weighted by molar-refractivity contribution is -0.127. The van der Waals surface area contributed by atoms with Gasteiger partial charge >= 0.3 is 0 Å². The number of benzene rings is 2. The molecule has 4 rings (SSSR count). The maximum absolute atomic E-state index is 12.7. The van der Waals surface area contributed by atoms with Crippen LogP contribution < -0.4 is 10.2 Å². The molecular weight excluding hydrogens is 414 g/mol. The number of ether oxygens (including phenoxy) is 1. The van der Waals surface area contributed by atoms with E-state index in [-0.39, 0.29) is 6.54 Å². The first kappa shape index (κ1) is 21.1. The number of thioether (sulfide) groups is 1. The summed E-state index contributed by atoms with van der Waals surface area (Å²) in [5.74, 6) is -0.866. The van der Waals surface area contributed by atoms with Crippen LogP contribution in [0.3, 0.4) is 0 Å². The molecule has 7 nitrogen and oxygen atoms in total. The number of anilines is 2. The van der Waals surface area contributed by atoms with Crippen molar-refractivity contribution in [2.24, 2.45) is 0 Å². The summed E-state index contributed by atoms with van der Waals surface area (Å²) in [5.41, 5.74) is 3.56. The van der Waals surface area contributed by atoms with Crippen molar-refractivity contribution in [3.05, 3.63) is 64.6 Å². The molecule has 0 atom stereocenters. The zero-order valence-electron chi connectivity index (χ0n) is 17.2. The van der Waals surface area contributed by atoms with E-state index in [1.165, 1.54) is 0 Å². The van der Waals surface area contributed by atoms with Crippen LogP contribution in [-0.4, -0.2) is 54.8 Å². The first-order valence-corrected chi connectivity index (χ1v) is 10.9. The summed E-state index contributed by atoms with van der Waals surface area (Å²) in [6, 6.07) is 15.1. The van der Waals surface area contributed by atoms with E-state index in [9.17, 15) is 14.4 Å². The summed E-state index contributed by atoms with van der Waals surface area (Å²) in [4.78, 5) is 40.9. The Morgan fingerprint density at radius 2 is 1.81 bits per heavy atom. The fourth-order valence-corrected chi connectivity index (χ4v) is 4.28. The first-order valence-electron chi connectivity index (χ1n) is 10.0. The number of carbonyl (C=O) groups is 3. The zero-order chi connectivity index (χ0) is 21.8. The lowest BCUT2D eigenvalue weighted by Crippen LogP contribution is -2.36. The van der Waals surface area contributed by atoms with Crippen molar-refractivity contribution in [3.8, 4) is 0 Å². The van der Waals surface area contributed by atoms with E-state index in [0.717, 1.165) is 46.6 Å². The number of nitrogens with one attached hydrogen (secondary N) is 1. The Bertz CT molecular complexity index is 1030. The molecule has 0 aromatic heterocycles. The standard InChI is InChI=1S/C23H23N3O4S/c1-16-4-2-3-5-17(16)14-20-22(28)26(23(29)31-20)15-21(27)24-18-6-8-19(9-7-18)25-10-12-30-13-11-25/h2-9,14H,10-13,15H2,1H3,(H,24,27)/b20-14+. The number of amides is 3. The highest BCUT2D eigenvalue weighted by atomic mass is 32.2. The number of imide groups is 1. The van der Waals surface area contributed by atoms with Crippen molar-refractivity contribution in [1.82, 2.24) is 4.90 Å². The quantitative estimate of drug-likeness (QED) is 0.722. The van der Waals surface area contributed by atoms with Gasteiger partial charge in [0.1, 0.15) is 6.54 Å². The molecular formula is C23H23N3O4S. The van der Waals surface area contributed by atoms with Gasteiger partial charge in [0.2, 0.25) is 5.91 Å². The summed E-state index contributed by atoms with van der Waals surface area (Å²) in [7, 11) is 0. The summed E-state index contributed by atoms with van der Waals surface area (Å²) >= 11 is 0.854. The van der Waals surface area contributed by atoms with Crippen molar-refractivity contribution in [2.45, 2.75) is 6.92 Å². The Labute approximate surface area is 185 Å². The molecule has 0 saturated carbocycles. The van der Waals surface area contributed by atoms with Gasteiger partial charge in [-0.05, 0) is 60.2 Å². The molecule has 0 spiro atoms. The topological polar surface area (TPSA) is 79.0 Å². The maximum Gasteiger partial charge on any atom is 0.294 e. The van der Waals surface area contributed by atoms with Crippen LogP contribution in [-0.2, 0) is 14.3 Å². The molecule has 0 aliphatic carbocycles. The largest absolute Gasteiger partial charge is 0.378 e. The molecule has 31 heavy (non-hydrogen) atoms. The lowest BCUT2D eigenvalue weighted by atomic mass is 10.1. The Hall–Kier alpha value is -3.10. The average molecular weight is 438 g/mol. The molecule has 1 N–H and O–H groups in total. The monoisotopic (exact) mass is 437 g/mol. The van der Waals surface area contributed by atoms with Crippen LogP contribution in [0.25, 0.3) is 6.08 Å². The third-order valence-corrected chi connectivity index (χ3v) is 6.09. The van der Waals surface area contributed by atoms with E-state index in [4.69, 9.17) is 4.74 Å². The van der Waals surface area contributed by atoms with Gasteiger partial charge in [-0.2, -0.15) is 0 Å². The molecule has 160 valence electrons. The number of aryl methyl sites for hydroxylation is 1. The van der Waals surface area contributed by atoms with Crippen LogP contribution in [0.4, 0.5) is 16.2 Å². The molecule has 2 fully saturated rings. The maximum atomic E-state index is 12.7. The Balaban J connectivity index is 1.37. The van der Waals surface area contributed by atoms with Crippen LogP contribution in [0.5, 0.6) is 0 Å². The molecule has 2 aliphatic rings. The molecule has 2 saturated heterocycles. The highest BCUT2D eigenvalue weighted by molar-refractivity contribution is 8.18. The van der Waals surface area contributed by atoms with Crippen molar-refractivity contribution in [3.63, 3.8) is 0 Å². The van der Waals surface area contributed by atoms with Gasteiger partial charge in [-0.25, -0.2) is 0 Å². The van der Waals surface area contributed by atoms with Gasteiger partial charge in [0.25, 0.3) is 11.1 Å². The van der Waals surface area contributed by atoms with Gasteiger partial charge < -0.3 is 15.0 Å². The highest BCUT2D eigenvalue weighted by Crippen LogP contribution is 2.32. The van der Waals surface area contributed by atoms with E-state index in [1.807, 2.05) is 55.5 Å². The number of hydrogen-bond donors (Lipinski definition) is 1. The molecule has 3 amide bonds. The van der Waals surface area contributed by atoms with Gasteiger partial charge in [-0.15, -0.1) is 0 Å². The number of carbonyl (C=O) groups excluding carboxylic acids is 3. The smallest absolute Gasteiger partial charge is 0.294 e. The molecule has 2 aromatic rings. The third kappa shape index (κ3) is 4.98.